The molecule has 0 fully saturated rings. The van der Waals surface area contributed by atoms with Crippen molar-refractivity contribution in [2.24, 2.45) is 5.73 Å². The highest BCUT2D eigenvalue weighted by atomic mass is 127. The summed E-state index contributed by atoms with van der Waals surface area (Å²) in [4.78, 5) is 23.4. The van der Waals surface area contributed by atoms with Crippen molar-refractivity contribution in [3.63, 3.8) is 0 Å². The molecule has 0 spiro atoms. The predicted octanol–water partition coefficient (Wildman–Crippen LogP) is 3.24. The summed E-state index contributed by atoms with van der Waals surface area (Å²) in [6.07, 6.45) is 1.39. The van der Waals surface area contributed by atoms with Crippen molar-refractivity contribution in [2.75, 3.05) is 18.5 Å². The van der Waals surface area contributed by atoms with E-state index in [1.54, 1.807) is 19.1 Å². The number of primary amides is 1. The summed E-state index contributed by atoms with van der Waals surface area (Å²) in [7, 11) is 0. The van der Waals surface area contributed by atoms with Gasteiger partial charge < -0.3 is 20.5 Å². The molecule has 3 N–H and O–H groups in total. The van der Waals surface area contributed by atoms with E-state index >= 15 is 0 Å². The van der Waals surface area contributed by atoms with Crippen LogP contribution in [0.3, 0.4) is 0 Å². The number of halogens is 2. The van der Waals surface area contributed by atoms with Gasteiger partial charge in [0.2, 0.25) is 0 Å². The normalized spacial score (nSPS) is 10.8. The van der Waals surface area contributed by atoms with Crippen LogP contribution in [0.25, 0.3) is 6.08 Å². The molecular weight excluding hydrogens is 492 g/mol. The van der Waals surface area contributed by atoms with Gasteiger partial charge >= 0.3 is 0 Å². The van der Waals surface area contributed by atoms with Crippen LogP contribution in [0.4, 0.5) is 10.1 Å². The van der Waals surface area contributed by atoms with Crippen LogP contribution in [0.1, 0.15) is 12.5 Å². The summed E-state index contributed by atoms with van der Waals surface area (Å²) in [5.74, 6) is -1.01. The third kappa shape index (κ3) is 6.46. The first-order chi connectivity index (χ1) is 13.8. The third-order valence-corrected chi connectivity index (χ3v) is 4.27. The lowest BCUT2D eigenvalue weighted by atomic mass is 10.1. The summed E-state index contributed by atoms with van der Waals surface area (Å²) < 4.78 is 24.5. The van der Waals surface area contributed by atoms with E-state index in [1.165, 1.54) is 30.3 Å². The fourth-order valence-electron chi connectivity index (χ4n) is 2.26. The van der Waals surface area contributed by atoms with Gasteiger partial charge in [0.15, 0.2) is 18.1 Å². The maximum atomic E-state index is 13.0. The van der Waals surface area contributed by atoms with Crippen LogP contribution in [0.2, 0.25) is 0 Å². The number of carbonyl (C=O) groups excluding carboxylic acids is 2. The number of carbonyl (C=O) groups is 2. The molecule has 0 aromatic heterocycles. The predicted molar refractivity (Wildman–Crippen MR) is 114 cm³/mol. The van der Waals surface area contributed by atoms with E-state index in [9.17, 15) is 19.2 Å². The Kier molecular flexibility index (Phi) is 7.97. The maximum absolute atomic E-state index is 13.0. The monoisotopic (exact) mass is 509 g/mol. The summed E-state index contributed by atoms with van der Waals surface area (Å²) in [6.45, 7) is 1.81. The largest absolute Gasteiger partial charge is 0.490 e. The Hall–Kier alpha value is -3.13. The second-order valence-corrected chi connectivity index (χ2v) is 6.81. The molecule has 0 unspecified atom stereocenters. The molecule has 2 rings (SSSR count). The van der Waals surface area contributed by atoms with Crippen molar-refractivity contribution in [3.05, 3.63) is 56.9 Å². The quantitative estimate of drug-likeness (QED) is 0.322. The zero-order valence-corrected chi connectivity index (χ0v) is 17.5. The Morgan fingerprint density at radius 3 is 2.55 bits per heavy atom. The minimum Gasteiger partial charge on any atom is -0.490 e. The van der Waals surface area contributed by atoms with E-state index in [1.807, 2.05) is 28.7 Å². The fourth-order valence-corrected chi connectivity index (χ4v) is 3.05. The van der Waals surface area contributed by atoms with E-state index in [2.05, 4.69) is 5.32 Å². The molecule has 0 atom stereocenters. The van der Waals surface area contributed by atoms with Crippen molar-refractivity contribution in [1.29, 1.82) is 5.26 Å². The summed E-state index contributed by atoms with van der Waals surface area (Å²) in [5, 5.41) is 11.9. The summed E-state index contributed by atoms with van der Waals surface area (Å²) in [6, 6.07) is 10.3. The van der Waals surface area contributed by atoms with Gasteiger partial charge in [0.1, 0.15) is 17.5 Å². The van der Waals surface area contributed by atoms with Crippen LogP contribution < -0.4 is 20.5 Å². The second-order valence-electron chi connectivity index (χ2n) is 5.65. The highest BCUT2D eigenvalue weighted by molar-refractivity contribution is 14.1. The van der Waals surface area contributed by atoms with E-state index in [4.69, 9.17) is 15.2 Å². The van der Waals surface area contributed by atoms with Crippen molar-refractivity contribution in [1.82, 2.24) is 0 Å². The molecule has 0 aliphatic carbocycles. The van der Waals surface area contributed by atoms with Crippen molar-refractivity contribution in [3.8, 4) is 17.6 Å². The molecule has 7 nitrogen and oxygen atoms in total. The van der Waals surface area contributed by atoms with E-state index in [0.29, 0.717) is 32.9 Å². The molecule has 150 valence electrons. The van der Waals surface area contributed by atoms with Crippen molar-refractivity contribution < 1.29 is 23.5 Å². The van der Waals surface area contributed by atoms with Gasteiger partial charge in [-0.15, -0.1) is 0 Å². The van der Waals surface area contributed by atoms with Crippen LogP contribution in [-0.4, -0.2) is 25.0 Å². The number of nitrogens with two attached hydrogens (primary N) is 1. The molecule has 0 saturated carbocycles. The molecule has 2 amide bonds. The van der Waals surface area contributed by atoms with Gasteiger partial charge in [-0.25, -0.2) is 4.39 Å². The number of anilines is 1. The Morgan fingerprint density at radius 1 is 1.28 bits per heavy atom. The highest BCUT2D eigenvalue weighted by Crippen LogP contribution is 2.35. The van der Waals surface area contributed by atoms with Crippen LogP contribution in [0.15, 0.2) is 42.0 Å². The van der Waals surface area contributed by atoms with Crippen molar-refractivity contribution >= 4 is 46.2 Å². The molecular formula is C20H17FIN3O4. The Balaban J connectivity index is 2.31. The minimum atomic E-state index is -0.638. The van der Waals surface area contributed by atoms with Crippen LogP contribution >= 0.6 is 22.6 Å². The molecule has 2 aromatic rings. The van der Waals surface area contributed by atoms with Gasteiger partial charge in [-0.1, -0.05) is 0 Å². The second kappa shape index (κ2) is 10.4. The number of rotatable bonds is 8. The average molecular weight is 509 g/mol. The lowest BCUT2D eigenvalue weighted by Crippen LogP contribution is -2.20. The number of hydrogen-bond donors (Lipinski definition) is 2. The van der Waals surface area contributed by atoms with Gasteiger partial charge in [0.25, 0.3) is 11.8 Å². The topological polar surface area (TPSA) is 114 Å². The number of ether oxygens (including phenoxy) is 2. The summed E-state index contributed by atoms with van der Waals surface area (Å²) >= 11 is 1.99. The fraction of sp³-hybridized carbons (Fsp3) is 0.150. The first kappa shape index (κ1) is 22.2. The number of hydrogen-bond acceptors (Lipinski definition) is 5. The Morgan fingerprint density at radius 2 is 1.97 bits per heavy atom. The molecule has 0 aliphatic rings. The Labute approximate surface area is 180 Å². The summed E-state index contributed by atoms with van der Waals surface area (Å²) in [5.41, 5.74) is 5.84. The molecule has 0 radical (unpaired) electrons. The molecule has 29 heavy (non-hydrogen) atoms. The number of nitriles is 1. The van der Waals surface area contributed by atoms with Crippen molar-refractivity contribution in [2.45, 2.75) is 6.92 Å². The first-order valence-electron chi connectivity index (χ1n) is 8.40. The third-order valence-electron chi connectivity index (χ3n) is 3.47. The smallest absolute Gasteiger partial charge is 0.266 e. The van der Waals surface area contributed by atoms with Gasteiger partial charge in [0, 0.05) is 5.69 Å². The van der Waals surface area contributed by atoms with Gasteiger partial charge in [0.05, 0.1) is 10.2 Å². The van der Waals surface area contributed by atoms with Crippen LogP contribution in [0, 0.1) is 20.7 Å². The van der Waals surface area contributed by atoms with E-state index in [0.717, 1.165) is 0 Å². The zero-order chi connectivity index (χ0) is 21.4. The molecule has 2 aromatic carbocycles. The highest BCUT2D eigenvalue weighted by Gasteiger charge is 2.15. The van der Waals surface area contributed by atoms with Gasteiger partial charge in [-0.3, -0.25) is 9.59 Å². The van der Waals surface area contributed by atoms with Crippen LogP contribution in [-0.2, 0) is 9.59 Å². The number of amides is 2. The standard InChI is InChI=1S/C20H17FIN3O4/c1-2-28-17-9-12(8-16(22)19(17)29-11-18(24)26)7-13(10-23)20(27)25-15-5-3-14(21)4-6-15/h3-9H,2,11H2,1H3,(H2,24,26)(H,25,27)/b13-7+. The Bertz CT molecular complexity index is 984. The van der Waals surface area contributed by atoms with Gasteiger partial charge in [-0.05, 0) is 77.6 Å². The maximum Gasteiger partial charge on any atom is 0.266 e. The van der Waals surface area contributed by atoms with E-state index < -0.39 is 17.6 Å². The molecule has 0 heterocycles. The molecule has 0 saturated heterocycles. The lowest BCUT2D eigenvalue weighted by Gasteiger charge is -2.14. The van der Waals surface area contributed by atoms with Crippen LogP contribution in [0.5, 0.6) is 11.5 Å². The lowest BCUT2D eigenvalue weighted by molar-refractivity contribution is -0.120. The average Bonchev–Trinajstić information content (AvgIpc) is 2.67. The van der Waals surface area contributed by atoms with Gasteiger partial charge in [-0.2, -0.15) is 5.26 Å². The molecule has 0 aliphatic heterocycles. The zero-order valence-electron chi connectivity index (χ0n) is 15.4. The SMILES string of the molecule is CCOc1cc(/C=C(\C#N)C(=O)Nc2ccc(F)cc2)cc(I)c1OCC(N)=O. The van der Waals surface area contributed by atoms with E-state index in [-0.39, 0.29) is 12.2 Å². The number of nitrogens with zero attached hydrogens (tertiary/aromatic N) is 1. The molecule has 9 heteroatoms. The first-order valence-corrected chi connectivity index (χ1v) is 9.48. The molecule has 0 bridgehead atoms. The number of nitrogens with one attached hydrogen (secondary N) is 1. The minimum absolute atomic E-state index is 0.154. The number of benzene rings is 2.